The first-order chi connectivity index (χ1) is 8.32. The van der Waals surface area contributed by atoms with Crippen molar-refractivity contribution in [3.8, 4) is 0 Å². The summed E-state index contributed by atoms with van der Waals surface area (Å²) in [5, 5.41) is 0. The van der Waals surface area contributed by atoms with Crippen molar-refractivity contribution in [1.29, 1.82) is 0 Å². The van der Waals surface area contributed by atoms with Crippen molar-refractivity contribution < 1.29 is 9.21 Å². The molecule has 0 radical (unpaired) electrons. The third-order valence-corrected chi connectivity index (χ3v) is 3.94. The molecule has 0 spiro atoms. The normalized spacial score (nSPS) is 25.6. The molecule has 0 aliphatic carbocycles. The van der Waals surface area contributed by atoms with E-state index in [0.717, 1.165) is 10.2 Å². The molecule has 2 unspecified atom stereocenters. The molecule has 5 heteroatoms. The second-order valence-corrected chi connectivity index (χ2v) is 6.57. The van der Waals surface area contributed by atoms with Gasteiger partial charge >= 0.3 is 0 Å². The number of amides is 1. The summed E-state index contributed by atoms with van der Waals surface area (Å²) in [6.07, 6.45) is 2.82. The molecule has 0 aromatic carbocycles. The SMILES string of the molecule is CC(C)(C)N1C(=O)CCC(N)C1c1occc1Br. The molecular weight excluding hydrogens is 296 g/mol. The number of piperidine rings is 1. The minimum atomic E-state index is -0.272. The van der Waals surface area contributed by atoms with Gasteiger partial charge in [0.2, 0.25) is 5.91 Å². The topological polar surface area (TPSA) is 59.5 Å². The van der Waals surface area contributed by atoms with E-state index in [4.69, 9.17) is 10.2 Å². The molecule has 1 aromatic heterocycles. The molecule has 1 fully saturated rings. The third kappa shape index (κ3) is 2.34. The maximum Gasteiger partial charge on any atom is 0.223 e. The molecule has 18 heavy (non-hydrogen) atoms. The number of hydrogen-bond donors (Lipinski definition) is 1. The zero-order chi connectivity index (χ0) is 13.5. The lowest BCUT2D eigenvalue weighted by Gasteiger charge is -2.46. The fraction of sp³-hybridized carbons (Fsp3) is 0.615. The highest BCUT2D eigenvalue weighted by molar-refractivity contribution is 9.10. The molecule has 1 saturated heterocycles. The number of hydrogen-bond acceptors (Lipinski definition) is 3. The zero-order valence-corrected chi connectivity index (χ0v) is 12.5. The molecule has 2 rings (SSSR count). The maximum atomic E-state index is 12.2. The summed E-state index contributed by atoms with van der Waals surface area (Å²) in [6, 6.07) is 1.54. The molecule has 1 aliphatic heterocycles. The van der Waals surface area contributed by atoms with Crippen LogP contribution in [-0.4, -0.2) is 22.4 Å². The van der Waals surface area contributed by atoms with E-state index in [1.807, 2.05) is 31.7 Å². The minimum Gasteiger partial charge on any atom is -0.466 e. The van der Waals surface area contributed by atoms with Crippen molar-refractivity contribution in [3.63, 3.8) is 0 Å². The smallest absolute Gasteiger partial charge is 0.223 e. The minimum absolute atomic E-state index is 0.0932. The van der Waals surface area contributed by atoms with Gasteiger partial charge in [-0.2, -0.15) is 0 Å². The van der Waals surface area contributed by atoms with E-state index in [0.29, 0.717) is 12.8 Å². The molecule has 4 nitrogen and oxygen atoms in total. The lowest BCUT2D eigenvalue weighted by Crippen LogP contribution is -2.56. The first kappa shape index (κ1) is 13.6. The summed E-state index contributed by atoms with van der Waals surface area (Å²) in [6.45, 7) is 6.06. The Labute approximate surface area is 116 Å². The Morgan fingerprint density at radius 2 is 2.17 bits per heavy atom. The predicted octanol–water partition coefficient (Wildman–Crippen LogP) is 2.83. The summed E-state index contributed by atoms with van der Waals surface area (Å²) >= 11 is 3.46. The molecule has 100 valence electrons. The van der Waals surface area contributed by atoms with Crippen LogP contribution in [0.4, 0.5) is 0 Å². The first-order valence-corrected chi connectivity index (χ1v) is 6.92. The van der Waals surface area contributed by atoms with Crippen molar-refractivity contribution in [2.45, 2.75) is 51.2 Å². The first-order valence-electron chi connectivity index (χ1n) is 6.13. The van der Waals surface area contributed by atoms with E-state index in [1.54, 1.807) is 6.26 Å². The number of halogens is 1. The number of likely N-dealkylation sites (tertiary alicyclic amines) is 1. The van der Waals surface area contributed by atoms with Gasteiger partial charge in [-0.1, -0.05) is 0 Å². The average molecular weight is 315 g/mol. The Balaban J connectivity index is 2.45. The lowest BCUT2D eigenvalue weighted by molar-refractivity contribution is -0.144. The van der Waals surface area contributed by atoms with Crippen LogP contribution in [0.15, 0.2) is 21.2 Å². The van der Waals surface area contributed by atoms with Crippen LogP contribution in [0.5, 0.6) is 0 Å². The van der Waals surface area contributed by atoms with Crippen molar-refractivity contribution in [1.82, 2.24) is 4.90 Å². The highest BCUT2D eigenvalue weighted by Crippen LogP contribution is 2.39. The lowest BCUT2D eigenvalue weighted by atomic mass is 9.89. The molecule has 2 heterocycles. The Morgan fingerprint density at radius 1 is 1.50 bits per heavy atom. The van der Waals surface area contributed by atoms with E-state index in [1.165, 1.54) is 0 Å². The average Bonchev–Trinajstić information content (AvgIpc) is 2.65. The van der Waals surface area contributed by atoms with Gasteiger partial charge in [0.15, 0.2) is 0 Å². The molecule has 1 aliphatic rings. The number of nitrogens with two attached hydrogens (primary N) is 1. The number of carbonyl (C=O) groups excluding carboxylic acids is 1. The standard InChI is InChI=1S/C13H19BrN2O2/c1-13(2,3)16-10(17)5-4-9(15)11(16)12-8(14)6-7-18-12/h6-7,9,11H,4-5,15H2,1-3H3. The fourth-order valence-corrected chi connectivity index (χ4v) is 2.97. The molecule has 0 saturated carbocycles. The second kappa shape index (κ2) is 4.70. The van der Waals surface area contributed by atoms with Gasteiger partial charge in [-0.25, -0.2) is 0 Å². The van der Waals surface area contributed by atoms with Crippen LogP contribution in [0.1, 0.15) is 45.4 Å². The van der Waals surface area contributed by atoms with Crippen LogP contribution < -0.4 is 5.73 Å². The van der Waals surface area contributed by atoms with Crippen LogP contribution in [0, 0.1) is 0 Å². The maximum absolute atomic E-state index is 12.2. The summed E-state index contributed by atoms with van der Waals surface area (Å²) in [5.74, 6) is 0.878. The van der Waals surface area contributed by atoms with E-state index in [2.05, 4.69) is 15.9 Å². The highest BCUT2D eigenvalue weighted by atomic mass is 79.9. The summed E-state index contributed by atoms with van der Waals surface area (Å²) in [7, 11) is 0. The van der Waals surface area contributed by atoms with Crippen molar-refractivity contribution in [2.24, 2.45) is 5.73 Å². The van der Waals surface area contributed by atoms with Crippen LogP contribution in [-0.2, 0) is 4.79 Å². The molecule has 1 aromatic rings. The summed E-state index contributed by atoms with van der Waals surface area (Å²) in [4.78, 5) is 14.1. The number of rotatable bonds is 1. The largest absolute Gasteiger partial charge is 0.466 e. The zero-order valence-electron chi connectivity index (χ0n) is 10.9. The Bertz CT molecular complexity index is 450. The Morgan fingerprint density at radius 3 is 2.67 bits per heavy atom. The molecule has 1 amide bonds. The van der Waals surface area contributed by atoms with E-state index < -0.39 is 0 Å². The van der Waals surface area contributed by atoms with Gasteiger partial charge < -0.3 is 15.1 Å². The van der Waals surface area contributed by atoms with Gasteiger partial charge in [0.25, 0.3) is 0 Å². The molecule has 0 bridgehead atoms. The quantitative estimate of drug-likeness (QED) is 0.867. The van der Waals surface area contributed by atoms with Crippen molar-refractivity contribution >= 4 is 21.8 Å². The van der Waals surface area contributed by atoms with E-state index in [9.17, 15) is 4.79 Å². The number of carbonyl (C=O) groups is 1. The van der Waals surface area contributed by atoms with E-state index >= 15 is 0 Å². The Kier molecular flexibility index (Phi) is 3.56. The van der Waals surface area contributed by atoms with Crippen LogP contribution in [0.3, 0.4) is 0 Å². The number of furan rings is 1. The summed E-state index contributed by atoms with van der Waals surface area (Å²) in [5.41, 5.74) is 5.94. The van der Waals surface area contributed by atoms with Gasteiger partial charge in [0, 0.05) is 18.0 Å². The van der Waals surface area contributed by atoms with Gasteiger partial charge in [-0.05, 0) is 49.2 Å². The van der Waals surface area contributed by atoms with Gasteiger partial charge in [-0.3, -0.25) is 4.79 Å². The predicted molar refractivity (Wildman–Crippen MR) is 73.0 cm³/mol. The second-order valence-electron chi connectivity index (χ2n) is 5.71. The van der Waals surface area contributed by atoms with Crippen LogP contribution >= 0.6 is 15.9 Å². The van der Waals surface area contributed by atoms with Gasteiger partial charge in [0.1, 0.15) is 11.8 Å². The third-order valence-electron chi connectivity index (χ3n) is 3.28. The van der Waals surface area contributed by atoms with Crippen molar-refractivity contribution in [2.75, 3.05) is 0 Å². The Hall–Kier alpha value is -0.810. The molecular formula is C13H19BrN2O2. The van der Waals surface area contributed by atoms with E-state index in [-0.39, 0.29) is 23.5 Å². The fourth-order valence-electron chi connectivity index (χ4n) is 2.53. The van der Waals surface area contributed by atoms with Crippen LogP contribution in [0.2, 0.25) is 0 Å². The number of nitrogens with zero attached hydrogens (tertiary/aromatic N) is 1. The van der Waals surface area contributed by atoms with Gasteiger partial charge in [0.05, 0.1) is 10.7 Å². The van der Waals surface area contributed by atoms with Crippen molar-refractivity contribution in [3.05, 3.63) is 22.6 Å². The van der Waals surface area contributed by atoms with Crippen LogP contribution in [0.25, 0.3) is 0 Å². The van der Waals surface area contributed by atoms with Gasteiger partial charge in [-0.15, -0.1) is 0 Å². The highest BCUT2D eigenvalue weighted by Gasteiger charge is 2.42. The molecule has 2 atom stereocenters. The molecule has 2 N–H and O–H groups in total. The monoisotopic (exact) mass is 314 g/mol. The summed E-state index contributed by atoms with van der Waals surface area (Å²) < 4.78 is 6.39.